The maximum atomic E-state index is 13.0. The largest absolute Gasteiger partial charge is 0.484 e. The van der Waals surface area contributed by atoms with Crippen molar-refractivity contribution in [2.75, 3.05) is 6.61 Å². The number of ether oxygens (including phenoxy) is 1. The average Bonchev–Trinajstić information content (AvgIpc) is 2.72. The van der Waals surface area contributed by atoms with Gasteiger partial charge in [0.25, 0.3) is 5.91 Å². The number of nitrogens with zero attached hydrogens (tertiary/aromatic N) is 1. The molecule has 2 rings (SSSR count). The summed E-state index contributed by atoms with van der Waals surface area (Å²) in [4.78, 5) is 27.2. The summed E-state index contributed by atoms with van der Waals surface area (Å²) < 4.78 is 5.65. The van der Waals surface area contributed by atoms with E-state index in [1.165, 1.54) is 4.90 Å². The summed E-state index contributed by atoms with van der Waals surface area (Å²) in [7, 11) is 0. The first-order chi connectivity index (χ1) is 14.2. The Morgan fingerprint density at radius 3 is 2.23 bits per heavy atom. The van der Waals surface area contributed by atoms with Gasteiger partial charge in [-0.15, -0.1) is 0 Å². The Kier molecular flexibility index (Phi) is 9.00. The van der Waals surface area contributed by atoms with Crippen LogP contribution in [0.15, 0.2) is 42.5 Å². The molecule has 0 fully saturated rings. The second kappa shape index (κ2) is 11.2. The highest BCUT2D eigenvalue weighted by Gasteiger charge is 2.28. The van der Waals surface area contributed by atoms with Crippen molar-refractivity contribution in [3.8, 4) is 5.75 Å². The molecule has 7 heteroatoms. The number of carbonyl (C=O) groups is 2. The maximum Gasteiger partial charge on any atom is 0.261 e. The molecule has 0 radical (unpaired) electrons. The van der Waals surface area contributed by atoms with Crippen molar-refractivity contribution in [3.63, 3.8) is 0 Å². The van der Waals surface area contributed by atoms with E-state index in [2.05, 4.69) is 5.32 Å². The van der Waals surface area contributed by atoms with Crippen LogP contribution >= 0.6 is 23.2 Å². The van der Waals surface area contributed by atoms with Crippen LogP contribution in [0.25, 0.3) is 0 Å². The zero-order valence-corrected chi connectivity index (χ0v) is 19.3. The molecule has 0 aliphatic rings. The van der Waals surface area contributed by atoms with Crippen LogP contribution in [0.3, 0.4) is 0 Å². The molecule has 162 valence electrons. The second-order valence-corrected chi connectivity index (χ2v) is 8.13. The molecular weight excluding hydrogens is 423 g/mol. The molecule has 0 heterocycles. The lowest BCUT2D eigenvalue weighted by atomic mass is 10.1. The number of halogens is 2. The van der Waals surface area contributed by atoms with Gasteiger partial charge in [0, 0.05) is 28.2 Å². The van der Waals surface area contributed by atoms with Crippen LogP contribution in [0.1, 0.15) is 38.3 Å². The van der Waals surface area contributed by atoms with Gasteiger partial charge in [0.05, 0.1) is 0 Å². The quantitative estimate of drug-likeness (QED) is 0.583. The summed E-state index contributed by atoms with van der Waals surface area (Å²) in [5.74, 6) is 0.0101. The third-order valence-corrected chi connectivity index (χ3v) is 5.65. The first-order valence-corrected chi connectivity index (χ1v) is 10.7. The first-order valence-electron chi connectivity index (χ1n) is 9.95. The fourth-order valence-electron chi connectivity index (χ4n) is 2.76. The topological polar surface area (TPSA) is 58.6 Å². The predicted octanol–water partition coefficient (Wildman–Crippen LogP) is 5.01. The smallest absolute Gasteiger partial charge is 0.261 e. The standard InChI is InChI=1S/C23H28Cl2N2O3/c1-5-16(3)26-23(29)17(4)27(13-19-20(24)7-6-8-21(19)25)22(28)14-30-18-11-9-15(2)10-12-18/h6-12,16-17H,5,13-14H2,1-4H3,(H,26,29)/t16-,17-/m1/s1. The van der Waals surface area contributed by atoms with E-state index in [0.29, 0.717) is 21.4 Å². The Labute approximate surface area is 188 Å². The number of nitrogens with one attached hydrogen (secondary N) is 1. The molecule has 0 saturated heterocycles. The summed E-state index contributed by atoms with van der Waals surface area (Å²) in [5.41, 5.74) is 1.69. The lowest BCUT2D eigenvalue weighted by Crippen LogP contribution is -2.50. The second-order valence-electron chi connectivity index (χ2n) is 7.32. The predicted molar refractivity (Wildman–Crippen MR) is 121 cm³/mol. The Bertz CT molecular complexity index is 851. The summed E-state index contributed by atoms with van der Waals surface area (Å²) in [5, 5.41) is 3.80. The minimum atomic E-state index is -0.722. The van der Waals surface area contributed by atoms with Crippen molar-refractivity contribution in [2.24, 2.45) is 0 Å². The third kappa shape index (κ3) is 6.64. The molecule has 0 aliphatic carbocycles. The summed E-state index contributed by atoms with van der Waals surface area (Å²) in [6, 6.07) is 11.8. The van der Waals surface area contributed by atoms with Crippen molar-refractivity contribution in [1.29, 1.82) is 0 Å². The molecule has 0 saturated carbocycles. The van der Waals surface area contributed by atoms with E-state index in [-0.39, 0.29) is 31.0 Å². The SMILES string of the molecule is CC[C@@H](C)NC(=O)[C@@H](C)N(Cc1c(Cl)cccc1Cl)C(=O)COc1ccc(C)cc1. The van der Waals surface area contributed by atoms with E-state index in [1.807, 2.05) is 32.9 Å². The molecule has 2 amide bonds. The van der Waals surface area contributed by atoms with E-state index in [1.54, 1.807) is 37.3 Å². The minimum absolute atomic E-state index is 0.00427. The molecule has 2 aromatic rings. The van der Waals surface area contributed by atoms with Gasteiger partial charge in [0.1, 0.15) is 11.8 Å². The van der Waals surface area contributed by atoms with Crippen molar-refractivity contribution >= 4 is 35.0 Å². The Morgan fingerprint density at radius 2 is 1.67 bits per heavy atom. The number of hydrogen-bond donors (Lipinski definition) is 1. The Hall–Kier alpha value is -2.24. The number of hydrogen-bond acceptors (Lipinski definition) is 3. The van der Waals surface area contributed by atoms with Crippen LogP contribution in [-0.4, -0.2) is 35.4 Å². The number of benzene rings is 2. The molecule has 0 unspecified atom stereocenters. The van der Waals surface area contributed by atoms with Crippen LogP contribution in [0.4, 0.5) is 0 Å². The number of aryl methyl sites for hydroxylation is 1. The van der Waals surface area contributed by atoms with Gasteiger partial charge in [0.2, 0.25) is 5.91 Å². The number of carbonyl (C=O) groups excluding carboxylic acids is 2. The molecule has 5 nitrogen and oxygen atoms in total. The first kappa shape index (κ1) is 24.0. The monoisotopic (exact) mass is 450 g/mol. The van der Waals surface area contributed by atoms with Gasteiger partial charge in [-0.1, -0.05) is 53.9 Å². The van der Waals surface area contributed by atoms with E-state index < -0.39 is 6.04 Å². The molecule has 0 aliphatic heterocycles. The van der Waals surface area contributed by atoms with Gasteiger partial charge in [-0.2, -0.15) is 0 Å². The summed E-state index contributed by atoms with van der Waals surface area (Å²) in [6.07, 6.45) is 0.791. The molecule has 30 heavy (non-hydrogen) atoms. The van der Waals surface area contributed by atoms with E-state index >= 15 is 0 Å². The zero-order valence-electron chi connectivity index (χ0n) is 17.7. The van der Waals surface area contributed by atoms with E-state index in [4.69, 9.17) is 27.9 Å². The fourth-order valence-corrected chi connectivity index (χ4v) is 3.28. The Balaban J connectivity index is 2.21. The fraction of sp³-hybridized carbons (Fsp3) is 0.391. The minimum Gasteiger partial charge on any atom is -0.484 e. The third-order valence-electron chi connectivity index (χ3n) is 4.94. The number of rotatable bonds is 9. The van der Waals surface area contributed by atoms with Gasteiger partial charge >= 0.3 is 0 Å². The van der Waals surface area contributed by atoms with Crippen molar-refractivity contribution in [3.05, 3.63) is 63.6 Å². The lowest BCUT2D eigenvalue weighted by molar-refractivity contribution is -0.142. The maximum absolute atomic E-state index is 13.0. The highest BCUT2D eigenvalue weighted by atomic mass is 35.5. The van der Waals surface area contributed by atoms with Crippen LogP contribution in [0.2, 0.25) is 10.0 Å². The molecular formula is C23H28Cl2N2O3. The van der Waals surface area contributed by atoms with Crippen LogP contribution in [0.5, 0.6) is 5.75 Å². The van der Waals surface area contributed by atoms with Gasteiger partial charge in [-0.05, 0) is 51.5 Å². The van der Waals surface area contributed by atoms with Crippen LogP contribution < -0.4 is 10.1 Å². The van der Waals surface area contributed by atoms with Gasteiger partial charge in [0.15, 0.2) is 6.61 Å². The molecule has 0 bridgehead atoms. The van der Waals surface area contributed by atoms with E-state index in [9.17, 15) is 9.59 Å². The highest BCUT2D eigenvalue weighted by Crippen LogP contribution is 2.26. The van der Waals surface area contributed by atoms with Crippen molar-refractivity contribution < 1.29 is 14.3 Å². The molecule has 1 N–H and O–H groups in total. The normalized spacial score (nSPS) is 12.7. The van der Waals surface area contributed by atoms with Crippen molar-refractivity contribution in [2.45, 2.75) is 52.7 Å². The molecule has 0 spiro atoms. The van der Waals surface area contributed by atoms with Gasteiger partial charge < -0.3 is 15.0 Å². The molecule has 0 aromatic heterocycles. The lowest BCUT2D eigenvalue weighted by Gasteiger charge is -2.30. The van der Waals surface area contributed by atoms with Gasteiger partial charge in [-0.25, -0.2) is 0 Å². The highest BCUT2D eigenvalue weighted by molar-refractivity contribution is 6.36. The Morgan fingerprint density at radius 1 is 1.07 bits per heavy atom. The van der Waals surface area contributed by atoms with Gasteiger partial charge in [-0.3, -0.25) is 9.59 Å². The van der Waals surface area contributed by atoms with Crippen molar-refractivity contribution in [1.82, 2.24) is 10.2 Å². The summed E-state index contributed by atoms with van der Waals surface area (Å²) in [6.45, 7) is 7.46. The van der Waals surface area contributed by atoms with E-state index in [0.717, 1.165) is 12.0 Å². The van der Waals surface area contributed by atoms with Crippen LogP contribution in [-0.2, 0) is 16.1 Å². The number of amides is 2. The molecule has 2 aromatic carbocycles. The summed E-state index contributed by atoms with van der Waals surface area (Å²) >= 11 is 12.6. The molecule has 2 atom stereocenters. The van der Waals surface area contributed by atoms with Crippen LogP contribution in [0, 0.1) is 6.92 Å². The zero-order chi connectivity index (χ0) is 22.3. The average molecular weight is 451 g/mol.